The van der Waals surface area contributed by atoms with Crippen LogP contribution in [0.1, 0.15) is 49.3 Å². The van der Waals surface area contributed by atoms with Crippen molar-refractivity contribution in [1.82, 2.24) is 10.2 Å². The highest BCUT2D eigenvalue weighted by atomic mass is 16.5. The molecule has 2 aromatic rings. The maximum Gasteiger partial charge on any atom is 0.133 e. The maximum absolute atomic E-state index is 10.8. The number of carbonyl (C=O) groups excluding carboxylic acids is 1. The molecule has 0 radical (unpaired) electrons. The van der Waals surface area contributed by atoms with Gasteiger partial charge in [-0.3, -0.25) is 0 Å². The molecule has 0 bridgehead atoms. The van der Waals surface area contributed by atoms with E-state index in [2.05, 4.69) is 78.8 Å². The molecule has 4 nitrogen and oxygen atoms in total. The largest absolute Gasteiger partial charge is 0.493 e. The third-order valence-electron chi connectivity index (χ3n) is 6.96. The highest BCUT2D eigenvalue weighted by molar-refractivity contribution is 5.90. The van der Waals surface area contributed by atoms with E-state index < -0.39 is 0 Å². The van der Waals surface area contributed by atoms with Crippen LogP contribution in [0.2, 0.25) is 0 Å². The number of carbonyl (C=O) groups is 1. The molecule has 0 saturated carbocycles. The second-order valence-corrected chi connectivity index (χ2v) is 9.30. The zero-order valence-electron chi connectivity index (χ0n) is 20.0. The van der Waals surface area contributed by atoms with Gasteiger partial charge in [0, 0.05) is 12.1 Å². The van der Waals surface area contributed by atoms with Gasteiger partial charge in [0.2, 0.25) is 0 Å². The first kappa shape index (κ1) is 23.5. The Kier molecular flexibility index (Phi) is 8.14. The van der Waals surface area contributed by atoms with E-state index in [1.54, 1.807) is 0 Å². The van der Waals surface area contributed by atoms with Gasteiger partial charge < -0.3 is 19.7 Å². The zero-order valence-corrected chi connectivity index (χ0v) is 20.0. The van der Waals surface area contributed by atoms with E-state index in [0.717, 1.165) is 50.1 Å². The summed E-state index contributed by atoms with van der Waals surface area (Å²) in [6, 6.07) is 17.3. The number of likely N-dealkylation sites (tertiary alicyclic amines) is 1. The molecule has 1 N–H and O–H groups in total. The molecule has 0 unspecified atom stereocenters. The van der Waals surface area contributed by atoms with Gasteiger partial charge in [-0.05, 0) is 92.6 Å². The summed E-state index contributed by atoms with van der Waals surface area (Å²) >= 11 is 0. The lowest BCUT2D eigenvalue weighted by Gasteiger charge is -2.29. The molecule has 2 aromatic carbocycles. The molecule has 33 heavy (non-hydrogen) atoms. The van der Waals surface area contributed by atoms with Crippen molar-refractivity contribution in [3.05, 3.63) is 76.9 Å². The molecular formula is C29H36N2O2. The Balaban J connectivity index is 1.58. The van der Waals surface area contributed by atoms with Crippen LogP contribution in [-0.4, -0.2) is 44.5 Å². The normalized spacial score (nSPS) is 17.7. The predicted octanol–water partition coefficient (Wildman–Crippen LogP) is 5.35. The van der Waals surface area contributed by atoms with E-state index in [-0.39, 0.29) is 0 Å². The van der Waals surface area contributed by atoms with E-state index in [4.69, 9.17) is 4.74 Å². The molecule has 0 amide bonds. The smallest absolute Gasteiger partial charge is 0.133 e. The van der Waals surface area contributed by atoms with Crippen molar-refractivity contribution in [3.63, 3.8) is 0 Å². The minimum atomic E-state index is 0.353. The van der Waals surface area contributed by atoms with Crippen LogP contribution in [0.4, 0.5) is 0 Å². The Labute approximate surface area is 198 Å². The van der Waals surface area contributed by atoms with Gasteiger partial charge in [-0.15, -0.1) is 0 Å². The lowest BCUT2D eigenvalue weighted by atomic mass is 9.84. The van der Waals surface area contributed by atoms with E-state index >= 15 is 0 Å². The summed E-state index contributed by atoms with van der Waals surface area (Å²) in [5.74, 6) is 1.55. The number of aldehydes is 1. The van der Waals surface area contributed by atoms with E-state index in [9.17, 15) is 4.79 Å². The number of ether oxygens (including phenoxy) is 1. The van der Waals surface area contributed by atoms with Gasteiger partial charge in [-0.2, -0.15) is 0 Å². The van der Waals surface area contributed by atoms with Gasteiger partial charge in [0.15, 0.2) is 0 Å². The molecule has 4 heteroatoms. The van der Waals surface area contributed by atoms with Gasteiger partial charge >= 0.3 is 0 Å². The fraction of sp³-hybridized carbons (Fsp3) is 0.414. The molecule has 1 fully saturated rings. The van der Waals surface area contributed by atoms with Crippen LogP contribution in [0.15, 0.2) is 60.2 Å². The Morgan fingerprint density at radius 2 is 1.88 bits per heavy atom. The zero-order chi connectivity index (χ0) is 23.0. The summed E-state index contributed by atoms with van der Waals surface area (Å²) in [6.07, 6.45) is 7.73. The summed E-state index contributed by atoms with van der Waals surface area (Å²) in [7, 11) is 2.19. The molecule has 0 spiro atoms. The number of hydrogen-bond donors (Lipinski definition) is 1. The predicted molar refractivity (Wildman–Crippen MR) is 136 cm³/mol. The second kappa shape index (κ2) is 11.4. The summed E-state index contributed by atoms with van der Waals surface area (Å²) in [6.45, 7) is 6.27. The Hall–Kier alpha value is -2.69. The lowest BCUT2D eigenvalue weighted by molar-refractivity contribution is -0.107. The van der Waals surface area contributed by atoms with Crippen LogP contribution in [0, 0.1) is 5.92 Å². The third kappa shape index (κ3) is 6.01. The molecule has 1 aliphatic carbocycles. The quantitative estimate of drug-likeness (QED) is 0.418. The molecule has 1 heterocycles. The minimum absolute atomic E-state index is 0.353. The summed E-state index contributed by atoms with van der Waals surface area (Å²) in [5.41, 5.74) is 7.71. The first-order chi connectivity index (χ1) is 16.2. The average Bonchev–Trinajstić information content (AvgIpc) is 2.85. The van der Waals surface area contributed by atoms with Crippen LogP contribution in [-0.2, 0) is 11.3 Å². The van der Waals surface area contributed by atoms with Crippen LogP contribution in [0.25, 0.3) is 11.1 Å². The van der Waals surface area contributed by atoms with Crippen molar-refractivity contribution in [2.75, 3.05) is 33.3 Å². The SMILES string of the molecule is CC1=C(c2ccc(CNCC=O)c(OCC3CCN(C)CC3)c2)CCC=C1c1ccccc1. The molecule has 1 aliphatic heterocycles. The van der Waals surface area contributed by atoms with Crippen molar-refractivity contribution < 1.29 is 9.53 Å². The Morgan fingerprint density at radius 1 is 1.09 bits per heavy atom. The van der Waals surface area contributed by atoms with Crippen molar-refractivity contribution in [3.8, 4) is 5.75 Å². The number of rotatable bonds is 9. The monoisotopic (exact) mass is 444 g/mol. The Bertz CT molecular complexity index is 1000. The summed E-state index contributed by atoms with van der Waals surface area (Å²) in [5, 5.41) is 3.20. The van der Waals surface area contributed by atoms with Crippen molar-refractivity contribution in [2.24, 2.45) is 5.92 Å². The molecule has 0 aromatic heterocycles. The van der Waals surface area contributed by atoms with Crippen LogP contribution >= 0.6 is 0 Å². The standard InChI is InChI=1S/C29H36N2O2/c1-22-27(24-7-4-3-5-8-24)9-6-10-28(22)25-11-12-26(20-30-15-18-32)29(19-25)33-21-23-13-16-31(2)17-14-23/h3-5,7-9,11-12,18-19,23,30H,6,10,13-17,20-21H2,1-2H3. The van der Waals surface area contributed by atoms with Gasteiger partial charge in [-0.1, -0.05) is 48.5 Å². The van der Waals surface area contributed by atoms with Crippen LogP contribution in [0.5, 0.6) is 5.75 Å². The number of piperidine rings is 1. The lowest BCUT2D eigenvalue weighted by Crippen LogP contribution is -2.32. The number of nitrogens with zero attached hydrogens (tertiary/aromatic N) is 1. The minimum Gasteiger partial charge on any atom is -0.493 e. The Morgan fingerprint density at radius 3 is 2.64 bits per heavy atom. The molecule has 0 atom stereocenters. The van der Waals surface area contributed by atoms with Crippen molar-refractivity contribution in [1.29, 1.82) is 0 Å². The number of nitrogens with one attached hydrogen (secondary N) is 1. The maximum atomic E-state index is 10.8. The highest BCUT2D eigenvalue weighted by Gasteiger charge is 2.20. The van der Waals surface area contributed by atoms with Crippen LogP contribution in [0.3, 0.4) is 0 Å². The molecule has 4 rings (SSSR count). The fourth-order valence-electron chi connectivity index (χ4n) is 4.90. The van der Waals surface area contributed by atoms with E-state index in [1.807, 2.05) is 0 Å². The van der Waals surface area contributed by atoms with Crippen molar-refractivity contribution >= 4 is 17.4 Å². The van der Waals surface area contributed by atoms with Gasteiger partial charge in [0.1, 0.15) is 12.0 Å². The van der Waals surface area contributed by atoms with Crippen molar-refractivity contribution in [2.45, 2.75) is 39.2 Å². The first-order valence-electron chi connectivity index (χ1n) is 12.2. The molecule has 2 aliphatic rings. The summed E-state index contributed by atoms with van der Waals surface area (Å²) in [4.78, 5) is 13.2. The van der Waals surface area contributed by atoms with Gasteiger partial charge in [0.25, 0.3) is 0 Å². The highest BCUT2D eigenvalue weighted by Crippen LogP contribution is 2.38. The first-order valence-corrected chi connectivity index (χ1v) is 12.2. The number of hydrogen-bond acceptors (Lipinski definition) is 4. The second-order valence-electron chi connectivity index (χ2n) is 9.30. The van der Waals surface area contributed by atoms with Gasteiger partial charge in [-0.25, -0.2) is 0 Å². The topological polar surface area (TPSA) is 41.6 Å². The summed E-state index contributed by atoms with van der Waals surface area (Å²) < 4.78 is 6.44. The van der Waals surface area contributed by atoms with Crippen LogP contribution < -0.4 is 10.1 Å². The average molecular weight is 445 g/mol. The number of benzene rings is 2. The number of allylic oxidation sites excluding steroid dienone is 4. The molecule has 174 valence electrons. The van der Waals surface area contributed by atoms with E-state index in [0.29, 0.717) is 19.0 Å². The van der Waals surface area contributed by atoms with E-state index in [1.165, 1.54) is 40.7 Å². The fourth-order valence-corrected chi connectivity index (χ4v) is 4.90. The third-order valence-corrected chi connectivity index (χ3v) is 6.96. The molecule has 1 saturated heterocycles. The molecular weight excluding hydrogens is 408 g/mol. The van der Waals surface area contributed by atoms with Gasteiger partial charge in [0.05, 0.1) is 13.2 Å².